The maximum atomic E-state index is 11.5. The zero-order valence-electron chi connectivity index (χ0n) is 10.1. The van der Waals surface area contributed by atoms with Crippen LogP contribution in [0.25, 0.3) is 0 Å². The molecule has 1 N–H and O–H groups in total. The fourth-order valence-corrected chi connectivity index (χ4v) is 1.76. The predicted molar refractivity (Wildman–Crippen MR) is 65.6 cm³/mol. The zero-order valence-corrected chi connectivity index (χ0v) is 10.1. The van der Waals surface area contributed by atoms with Gasteiger partial charge in [-0.25, -0.2) is 5.43 Å². The molecule has 3 rings (SSSR count). The van der Waals surface area contributed by atoms with Crippen molar-refractivity contribution in [3.05, 3.63) is 23.8 Å². The summed E-state index contributed by atoms with van der Waals surface area (Å²) in [6, 6.07) is 5.61. The summed E-state index contributed by atoms with van der Waals surface area (Å²) >= 11 is 0. The molecule has 0 unspecified atom stereocenters. The van der Waals surface area contributed by atoms with E-state index in [1.54, 1.807) is 0 Å². The second kappa shape index (κ2) is 4.33. The van der Waals surface area contributed by atoms with E-state index in [1.165, 1.54) is 0 Å². The van der Waals surface area contributed by atoms with Crippen LogP contribution < -0.4 is 14.9 Å². The molecule has 0 spiro atoms. The minimum atomic E-state index is 0.00935. The number of hydrogen-bond acceptors (Lipinski definition) is 4. The van der Waals surface area contributed by atoms with E-state index in [0.717, 1.165) is 35.6 Å². The Morgan fingerprint density at radius 3 is 2.89 bits per heavy atom. The Balaban J connectivity index is 1.72. The van der Waals surface area contributed by atoms with E-state index in [9.17, 15) is 4.79 Å². The Morgan fingerprint density at radius 1 is 1.33 bits per heavy atom. The lowest BCUT2D eigenvalue weighted by Crippen LogP contribution is -2.20. The highest BCUT2D eigenvalue weighted by Gasteiger charge is 2.29. The molecule has 1 aliphatic heterocycles. The number of carbonyl (C=O) groups is 1. The summed E-state index contributed by atoms with van der Waals surface area (Å²) in [5.41, 5.74) is 4.25. The average Bonchev–Trinajstić information content (AvgIpc) is 3.13. The Labute approximate surface area is 105 Å². The number of rotatable bonds is 3. The molecule has 0 saturated heterocycles. The van der Waals surface area contributed by atoms with Crippen LogP contribution in [0.3, 0.4) is 0 Å². The molecule has 1 amide bonds. The van der Waals surface area contributed by atoms with Crippen LogP contribution in [0, 0.1) is 5.92 Å². The van der Waals surface area contributed by atoms with Gasteiger partial charge in [0.1, 0.15) is 0 Å². The molecule has 1 heterocycles. The highest BCUT2D eigenvalue weighted by Crippen LogP contribution is 2.32. The number of hydrazone groups is 1. The molecule has 5 heteroatoms. The number of carbonyl (C=O) groups excluding carboxylic acids is 1. The SMILES string of the molecule is C/C(=N/NC(=O)C1CC1)c1ccc2c(c1)OCO2. The van der Waals surface area contributed by atoms with E-state index in [4.69, 9.17) is 9.47 Å². The lowest BCUT2D eigenvalue weighted by Gasteiger charge is -2.03. The largest absolute Gasteiger partial charge is 0.454 e. The molecular formula is C13H14N2O3. The van der Waals surface area contributed by atoms with Gasteiger partial charge in [-0.3, -0.25) is 4.79 Å². The van der Waals surface area contributed by atoms with Crippen molar-refractivity contribution in [2.75, 3.05) is 6.79 Å². The summed E-state index contributed by atoms with van der Waals surface area (Å²) in [5, 5.41) is 4.10. The maximum Gasteiger partial charge on any atom is 0.243 e. The van der Waals surface area contributed by atoms with Crippen LogP contribution >= 0.6 is 0 Å². The second-order valence-electron chi connectivity index (χ2n) is 4.52. The van der Waals surface area contributed by atoms with Gasteiger partial charge in [-0.2, -0.15) is 5.10 Å². The lowest BCUT2D eigenvalue weighted by molar-refractivity contribution is -0.122. The van der Waals surface area contributed by atoms with Crippen molar-refractivity contribution in [2.24, 2.45) is 11.0 Å². The molecule has 1 aromatic carbocycles. The monoisotopic (exact) mass is 246 g/mol. The van der Waals surface area contributed by atoms with Crippen LogP contribution in [0.2, 0.25) is 0 Å². The normalized spacial score (nSPS) is 17.7. The summed E-state index contributed by atoms with van der Waals surface area (Å²) in [7, 11) is 0. The molecule has 94 valence electrons. The van der Waals surface area contributed by atoms with Crippen molar-refractivity contribution in [1.29, 1.82) is 0 Å². The van der Waals surface area contributed by atoms with E-state index in [1.807, 2.05) is 25.1 Å². The minimum absolute atomic E-state index is 0.00935. The van der Waals surface area contributed by atoms with Gasteiger partial charge < -0.3 is 9.47 Å². The van der Waals surface area contributed by atoms with Gasteiger partial charge in [0, 0.05) is 11.5 Å². The Bertz CT molecular complexity index is 521. The standard InChI is InChI=1S/C13H14N2O3/c1-8(14-15-13(16)9-2-3-9)10-4-5-11-12(6-10)18-7-17-11/h4-6,9H,2-3,7H2,1H3,(H,15,16)/b14-8-. The van der Waals surface area contributed by atoms with Crippen LogP contribution in [-0.2, 0) is 4.79 Å². The number of fused-ring (bicyclic) bond motifs is 1. The van der Waals surface area contributed by atoms with Crippen molar-refractivity contribution in [1.82, 2.24) is 5.43 Å². The van der Waals surface area contributed by atoms with Crippen molar-refractivity contribution in [2.45, 2.75) is 19.8 Å². The molecule has 1 aromatic rings. The molecule has 2 aliphatic rings. The van der Waals surface area contributed by atoms with E-state index < -0.39 is 0 Å². The number of nitrogens with zero attached hydrogens (tertiary/aromatic N) is 1. The van der Waals surface area contributed by atoms with Crippen LogP contribution in [-0.4, -0.2) is 18.4 Å². The Morgan fingerprint density at radius 2 is 2.11 bits per heavy atom. The highest BCUT2D eigenvalue weighted by atomic mass is 16.7. The average molecular weight is 246 g/mol. The van der Waals surface area contributed by atoms with E-state index in [2.05, 4.69) is 10.5 Å². The van der Waals surface area contributed by atoms with E-state index in [0.29, 0.717) is 0 Å². The van der Waals surface area contributed by atoms with Crippen LogP contribution in [0.15, 0.2) is 23.3 Å². The van der Waals surface area contributed by atoms with Gasteiger partial charge >= 0.3 is 0 Å². The topological polar surface area (TPSA) is 59.9 Å². The first-order chi connectivity index (χ1) is 8.74. The van der Waals surface area contributed by atoms with Crippen molar-refractivity contribution >= 4 is 11.6 Å². The summed E-state index contributed by atoms with van der Waals surface area (Å²) < 4.78 is 10.5. The number of benzene rings is 1. The molecule has 1 aliphatic carbocycles. The highest BCUT2D eigenvalue weighted by molar-refractivity contribution is 6.00. The number of hydrogen-bond donors (Lipinski definition) is 1. The second-order valence-corrected chi connectivity index (χ2v) is 4.52. The predicted octanol–water partition coefficient (Wildman–Crippen LogP) is 1.67. The lowest BCUT2D eigenvalue weighted by atomic mass is 10.1. The third-order valence-electron chi connectivity index (χ3n) is 3.07. The number of nitrogens with one attached hydrogen (secondary N) is 1. The molecular weight excluding hydrogens is 232 g/mol. The first-order valence-electron chi connectivity index (χ1n) is 5.98. The van der Waals surface area contributed by atoms with Gasteiger partial charge in [-0.1, -0.05) is 0 Å². The molecule has 5 nitrogen and oxygen atoms in total. The smallest absolute Gasteiger partial charge is 0.243 e. The first kappa shape index (κ1) is 11.1. The molecule has 1 saturated carbocycles. The van der Waals surface area contributed by atoms with Gasteiger partial charge in [0.25, 0.3) is 0 Å². The van der Waals surface area contributed by atoms with E-state index in [-0.39, 0.29) is 18.6 Å². The summed E-state index contributed by atoms with van der Waals surface area (Å²) in [4.78, 5) is 11.5. The fraction of sp³-hybridized carbons (Fsp3) is 0.385. The quantitative estimate of drug-likeness (QED) is 0.652. The zero-order chi connectivity index (χ0) is 12.5. The Kier molecular flexibility index (Phi) is 2.66. The molecule has 1 fully saturated rings. The van der Waals surface area contributed by atoms with Crippen molar-refractivity contribution in [3.8, 4) is 11.5 Å². The third kappa shape index (κ3) is 2.16. The number of ether oxygens (including phenoxy) is 2. The van der Waals surface area contributed by atoms with Crippen LogP contribution in [0.4, 0.5) is 0 Å². The minimum Gasteiger partial charge on any atom is -0.454 e. The van der Waals surface area contributed by atoms with Crippen LogP contribution in [0.5, 0.6) is 11.5 Å². The number of amides is 1. The van der Waals surface area contributed by atoms with Gasteiger partial charge in [0.15, 0.2) is 11.5 Å². The van der Waals surface area contributed by atoms with E-state index >= 15 is 0 Å². The van der Waals surface area contributed by atoms with Gasteiger partial charge in [-0.05, 0) is 38.0 Å². The van der Waals surface area contributed by atoms with Gasteiger partial charge in [0.2, 0.25) is 12.7 Å². The molecule has 0 atom stereocenters. The van der Waals surface area contributed by atoms with Crippen LogP contribution in [0.1, 0.15) is 25.3 Å². The van der Waals surface area contributed by atoms with Crippen molar-refractivity contribution in [3.63, 3.8) is 0 Å². The Hall–Kier alpha value is -2.04. The summed E-state index contributed by atoms with van der Waals surface area (Å²) in [6.07, 6.45) is 1.95. The first-order valence-corrected chi connectivity index (χ1v) is 5.98. The fourth-order valence-electron chi connectivity index (χ4n) is 1.76. The molecule has 18 heavy (non-hydrogen) atoms. The van der Waals surface area contributed by atoms with Gasteiger partial charge in [-0.15, -0.1) is 0 Å². The van der Waals surface area contributed by atoms with Gasteiger partial charge in [0.05, 0.1) is 5.71 Å². The summed E-state index contributed by atoms with van der Waals surface area (Å²) in [5.74, 6) is 1.64. The molecule has 0 bridgehead atoms. The third-order valence-corrected chi connectivity index (χ3v) is 3.07. The summed E-state index contributed by atoms with van der Waals surface area (Å²) in [6.45, 7) is 2.11. The van der Waals surface area contributed by atoms with Crippen molar-refractivity contribution < 1.29 is 14.3 Å². The maximum absolute atomic E-state index is 11.5. The molecule has 0 aromatic heterocycles. The molecule has 0 radical (unpaired) electrons.